The zero-order chi connectivity index (χ0) is 17.2. The number of fused-ring (bicyclic) bond motifs is 1. The van der Waals surface area contributed by atoms with E-state index in [2.05, 4.69) is 20.1 Å². The number of likely N-dealkylation sites (tertiary alicyclic amines) is 1. The van der Waals surface area contributed by atoms with Gasteiger partial charge in [-0.25, -0.2) is 9.78 Å². The summed E-state index contributed by atoms with van der Waals surface area (Å²) in [6, 6.07) is 11.3. The van der Waals surface area contributed by atoms with Crippen molar-refractivity contribution in [3.05, 3.63) is 59.4 Å². The highest BCUT2D eigenvalue weighted by atomic mass is 35.5. The second-order valence-corrected chi connectivity index (χ2v) is 6.68. The maximum atomic E-state index is 11.1. The van der Waals surface area contributed by atoms with Crippen molar-refractivity contribution in [1.29, 1.82) is 0 Å². The number of carboxylic acid groups (broad SMARTS) is 1. The van der Waals surface area contributed by atoms with Gasteiger partial charge in [0.05, 0.1) is 11.3 Å². The molecule has 1 aliphatic heterocycles. The molecule has 2 N–H and O–H groups in total. The smallest absolute Gasteiger partial charge is 0.335 e. The van der Waals surface area contributed by atoms with E-state index in [1.807, 2.05) is 24.3 Å². The van der Waals surface area contributed by atoms with Gasteiger partial charge >= 0.3 is 5.97 Å². The number of nitrogens with zero attached hydrogens (tertiary/aromatic N) is 3. The van der Waals surface area contributed by atoms with E-state index in [0.717, 1.165) is 54.8 Å². The van der Waals surface area contributed by atoms with Crippen LogP contribution in [0.2, 0.25) is 0 Å². The topological polar surface area (TPSA) is 82.1 Å². The van der Waals surface area contributed by atoms with Crippen molar-refractivity contribution in [3.8, 4) is 0 Å². The largest absolute Gasteiger partial charge is 0.478 e. The third-order valence-electron chi connectivity index (χ3n) is 4.86. The molecule has 1 atom stereocenters. The first-order chi connectivity index (χ1) is 12.2. The molecule has 0 saturated carbocycles. The number of aromatic nitrogens is 3. The average molecular weight is 373 g/mol. The van der Waals surface area contributed by atoms with Crippen LogP contribution in [-0.2, 0) is 13.0 Å². The third kappa shape index (κ3) is 3.86. The lowest BCUT2D eigenvalue weighted by molar-refractivity contribution is 0.0696. The SMILES string of the molecule is Cl.O=C(O)c1cccc(CC2CCN(Cc3[nH]nc4ncccc34)C2)c1. The van der Waals surface area contributed by atoms with Crippen LogP contribution in [-0.4, -0.2) is 44.2 Å². The number of rotatable bonds is 5. The zero-order valence-corrected chi connectivity index (χ0v) is 15.1. The van der Waals surface area contributed by atoms with Crippen molar-refractivity contribution < 1.29 is 9.90 Å². The van der Waals surface area contributed by atoms with E-state index >= 15 is 0 Å². The van der Waals surface area contributed by atoms with Crippen LogP contribution in [0, 0.1) is 5.92 Å². The molecule has 2 aromatic heterocycles. The van der Waals surface area contributed by atoms with Gasteiger partial charge < -0.3 is 5.11 Å². The van der Waals surface area contributed by atoms with Crippen molar-refractivity contribution in [2.24, 2.45) is 5.92 Å². The van der Waals surface area contributed by atoms with Crippen molar-refractivity contribution in [1.82, 2.24) is 20.1 Å². The molecule has 3 aromatic rings. The third-order valence-corrected chi connectivity index (χ3v) is 4.86. The van der Waals surface area contributed by atoms with Crippen LogP contribution in [0.5, 0.6) is 0 Å². The van der Waals surface area contributed by atoms with Crippen LogP contribution in [0.3, 0.4) is 0 Å². The Morgan fingerprint density at radius 3 is 3.04 bits per heavy atom. The number of pyridine rings is 1. The second kappa shape index (κ2) is 7.85. The summed E-state index contributed by atoms with van der Waals surface area (Å²) in [7, 11) is 0. The van der Waals surface area contributed by atoms with E-state index < -0.39 is 5.97 Å². The Balaban J connectivity index is 0.00000196. The first-order valence-corrected chi connectivity index (χ1v) is 8.51. The van der Waals surface area contributed by atoms with Gasteiger partial charge in [0.1, 0.15) is 0 Å². The first kappa shape index (κ1) is 18.4. The number of hydrogen-bond acceptors (Lipinski definition) is 4. The minimum absolute atomic E-state index is 0. The minimum Gasteiger partial charge on any atom is -0.478 e. The maximum absolute atomic E-state index is 11.1. The summed E-state index contributed by atoms with van der Waals surface area (Å²) in [5.41, 5.74) is 3.34. The Hall–Kier alpha value is -2.44. The van der Waals surface area contributed by atoms with E-state index in [-0.39, 0.29) is 12.4 Å². The van der Waals surface area contributed by atoms with E-state index in [1.165, 1.54) is 0 Å². The van der Waals surface area contributed by atoms with Crippen LogP contribution >= 0.6 is 12.4 Å². The molecule has 1 unspecified atom stereocenters. The fourth-order valence-corrected chi connectivity index (χ4v) is 3.63. The number of carboxylic acids is 1. The first-order valence-electron chi connectivity index (χ1n) is 8.51. The lowest BCUT2D eigenvalue weighted by Gasteiger charge is -2.15. The highest BCUT2D eigenvalue weighted by molar-refractivity contribution is 5.87. The molecule has 1 fully saturated rings. The fraction of sp³-hybridized carbons (Fsp3) is 0.316. The molecule has 0 amide bonds. The summed E-state index contributed by atoms with van der Waals surface area (Å²) >= 11 is 0. The second-order valence-electron chi connectivity index (χ2n) is 6.68. The van der Waals surface area contributed by atoms with Crippen LogP contribution < -0.4 is 0 Å². The Kier molecular flexibility index (Phi) is 5.54. The van der Waals surface area contributed by atoms with Crippen LogP contribution in [0.25, 0.3) is 11.0 Å². The molecule has 7 heteroatoms. The molecule has 4 rings (SSSR count). The van der Waals surface area contributed by atoms with Crippen molar-refractivity contribution >= 4 is 29.4 Å². The molecule has 0 aliphatic carbocycles. The van der Waals surface area contributed by atoms with Crippen molar-refractivity contribution in [2.75, 3.05) is 13.1 Å². The molecule has 6 nitrogen and oxygen atoms in total. The molecule has 1 aromatic carbocycles. The van der Waals surface area contributed by atoms with E-state index in [9.17, 15) is 4.79 Å². The zero-order valence-electron chi connectivity index (χ0n) is 14.3. The van der Waals surface area contributed by atoms with E-state index in [0.29, 0.717) is 11.5 Å². The number of halogens is 1. The lowest BCUT2D eigenvalue weighted by atomic mass is 9.97. The number of hydrogen-bond donors (Lipinski definition) is 2. The molecule has 136 valence electrons. The highest BCUT2D eigenvalue weighted by Gasteiger charge is 2.24. The average Bonchev–Trinajstić information content (AvgIpc) is 3.23. The van der Waals surface area contributed by atoms with Gasteiger partial charge in [0.15, 0.2) is 5.65 Å². The van der Waals surface area contributed by atoms with Crippen LogP contribution in [0.4, 0.5) is 0 Å². The fourth-order valence-electron chi connectivity index (χ4n) is 3.63. The molecule has 26 heavy (non-hydrogen) atoms. The van der Waals surface area contributed by atoms with Crippen molar-refractivity contribution in [3.63, 3.8) is 0 Å². The number of nitrogens with one attached hydrogen (secondary N) is 1. The molecule has 0 spiro atoms. The molecular formula is C19H21ClN4O2. The standard InChI is InChI=1S/C19H20N4O2.ClH/c24-19(25)15-4-1-3-13(10-15)9-14-6-8-23(11-14)12-17-16-5-2-7-20-18(16)22-21-17;/h1-5,7,10,14H,6,8-9,11-12H2,(H,24,25)(H,20,21,22);1H. The number of benzene rings is 1. The van der Waals surface area contributed by atoms with Gasteiger partial charge in [-0.15, -0.1) is 12.4 Å². The Morgan fingerprint density at radius 1 is 1.31 bits per heavy atom. The normalized spacial score (nSPS) is 17.3. The summed E-state index contributed by atoms with van der Waals surface area (Å²) in [6.45, 7) is 2.90. The predicted molar refractivity (Wildman–Crippen MR) is 102 cm³/mol. The summed E-state index contributed by atoms with van der Waals surface area (Å²) in [4.78, 5) is 17.8. The Labute approximate surface area is 157 Å². The van der Waals surface area contributed by atoms with Crippen LogP contribution in [0.15, 0.2) is 42.6 Å². The summed E-state index contributed by atoms with van der Waals surface area (Å²) < 4.78 is 0. The quantitative estimate of drug-likeness (QED) is 0.719. The van der Waals surface area contributed by atoms with Gasteiger partial charge in [-0.1, -0.05) is 12.1 Å². The van der Waals surface area contributed by atoms with Gasteiger partial charge in [0.25, 0.3) is 0 Å². The van der Waals surface area contributed by atoms with Crippen LogP contribution in [0.1, 0.15) is 28.0 Å². The number of aromatic carboxylic acids is 1. The highest BCUT2D eigenvalue weighted by Crippen LogP contribution is 2.24. The molecule has 1 saturated heterocycles. The molecule has 3 heterocycles. The Bertz CT molecular complexity index is 911. The van der Waals surface area contributed by atoms with Crippen molar-refractivity contribution in [2.45, 2.75) is 19.4 Å². The van der Waals surface area contributed by atoms with Gasteiger partial charge in [-0.3, -0.25) is 10.00 Å². The molecule has 1 aliphatic rings. The summed E-state index contributed by atoms with van der Waals surface area (Å²) in [5.74, 6) is -0.314. The maximum Gasteiger partial charge on any atom is 0.335 e. The number of H-pyrrole nitrogens is 1. The van der Waals surface area contributed by atoms with E-state index in [1.54, 1.807) is 18.3 Å². The summed E-state index contributed by atoms with van der Waals surface area (Å²) in [6.07, 6.45) is 3.80. The van der Waals surface area contributed by atoms with Gasteiger partial charge in [-0.05, 0) is 55.1 Å². The predicted octanol–water partition coefficient (Wildman–Crippen LogP) is 3.14. The molecule has 0 radical (unpaired) electrons. The molecular weight excluding hydrogens is 352 g/mol. The van der Waals surface area contributed by atoms with Gasteiger partial charge in [0.2, 0.25) is 0 Å². The molecule has 0 bridgehead atoms. The van der Waals surface area contributed by atoms with Gasteiger partial charge in [0, 0.05) is 24.7 Å². The Morgan fingerprint density at radius 2 is 2.19 bits per heavy atom. The number of carbonyl (C=O) groups is 1. The number of aromatic amines is 1. The lowest BCUT2D eigenvalue weighted by Crippen LogP contribution is -2.21. The van der Waals surface area contributed by atoms with E-state index in [4.69, 9.17) is 5.11 Å². The van der Waals surface area contributed by atoms with Gasteiger partial charge in [-0.2, -0.15) is 5.10 Å². The minimum atomic E-state index is -0.866. The monoisotopic (exact) mass is 372 g/mol. The summed E-state index contributed by atoms with van der Waals surface area (Å²) in [5, 5.41) is 17.6.